The number of halogens is 1. The monoisotopic (exact) mass is 266 g/mol. The van der Waals surface area contributed by atoms with E-state index in [-0.39, 0.29) is 5.91 Å². The van der Waals surface area contributed by atoms with Gasteiger partial charge in [0.1, 0.15) is 0 Å². The summed E-state index contributed by atoms with van der Waals surface area (Å²) in [5.74, 6) is -0.0152. The minimum absolute atomic E-state index is 0.0152. The van der Waals surface area contributed by atoms with E-state index in [9.17, 15) is 4.79 Å². The molecule has 0 fully saturated rings. The van der Waals surface area contributed by atoms with Gasteiger partial charge in [0.25, 0.3) is 0 Å². The van der Waals surface area contributed by atoms with Gasteiger partial charge in [0.15, 0.2) is 0 Å². The van der Waals surface area contributed by atoms with Gasteiger partial charge in [-0.3, -0.25) is 15.6 Å². The summed E-state index contributed by atoms with van der Waals surface area (Å²) in [7, 11) is 0. The lowest BCUT2D eigenvalue weighted by molar-refractivity contribution is -0.121. The highest BCUT2D eigenvalue weighted by Gasteiger charge is 2.02. The number of carbonyl (C=O) groups excluding carboxylic acids is 1. The third-order valence-corrected chi connectivity index (χ3v) is 2.80. The van der Waals surface area contributed by atoms with Crippen molar-refractivity contribution >= 4 is 23.2 Å². The fraction of sp³-hybridized carbons (Fsp3) is 0.357. The molecule has 0 radical (unpaired) electrons. The van der Waals surface area contributed by atoms with Crippen LogP contribution in [0.2, 0.25) is 5.02 Å². The van der Waals surface area contributed by atoms with Crippen LogP contribution >= 0.6 is 11.6 Å². The first-order chi connectivity index (χ1) is 8.63. The van der Waals surface area contributed by atoms with E-state index in [2.05, 4.69) is 24.4 Å². The number of rotatable bonds is 7. The van der Waals surface area contributed by atoms with Crippen molar-refractivity contribution in [1.29, 1.82) is 0 Å². The van der Waals surface area contributed by atoms with E-state index in [1.165, 1.54) is 0 Å². The van der Waals surface area contributed by atoms with E-state index >= 15 is 0 Å². The van der Waals surface area contributed by atoms with Gasteiger partial charge in [-0.2, -0.15) is 0 Å². The Bertz CT molecular complexity index is 401. The molecule has 1 amide bonds. The maximum absolute atomic E-state index is 11.5. The van der Waals surface area contributed by atoms with E-state index < -0.39 is 0 Å². The van der Waals surface area contributed by atoms with Crippen LogP contribution in [0.1, 0.15) is 38.2 Å². The number of carbonyl (C=O) groups is 1. The average molecular weight is 267 g/mol. The van der Waals surface area contributed by atoms with Gasteiger partial charge >= 0.3 is 0 Å². The van der Waals surface area contributed by atoms with Gasteiger partial charge in [0.2, 0.25) is 5.91 Å². The Hall–Kier alpha value is -1.48. The van der Waals surface area contributed by atoms with Gasteiger partial charge in [-0.1, -0.05) is 50.1 Å². The summed E-state index contributed by atoms with van der Waals surface area (Å²) in [4.78, 5) is 11.5. The predicted molar refractivity (Wildman–Crippen MR) is 75.9 cm³/mol. The highest BCUT2D eigenvalue weighted by molar-refractivity contribution is 6.30. The van der Waals surface area contributed by atoms with Crippen LogP contribution in [0.5, 0.6) is 0 Å². The van der Waals surface area contributed by atoms with Crippen molar-refractivity contribution in [2.45, 2.75) is 32.6 Å². The maximum atomic E-state index is 11.5. The smallest absolute Gasteiger partial charge is 0.238 e. The van der Waals surface area contributed by atoms with Crippen molar-refractivity contribution in [3.63, 3.8) is 0 Å². The van der Waals surface area contributed by atoms with Crippen LogP contribution in [0.25, 0.3) is 5.70 Å². The lowest BCUT2D eigenvalue weighted by Crippen LogP contribution is -2.35. The van der Waals surface area contributed by atoms with Crippen molar-refractivity contribution in [3.8, 4) is 0 Å². The molecule has 0 aliphatic rings. The lowest BCUT2D eigenvalue weighted by Gasteiger charge is -2.11. The molecule has 0 aliphatic carbocycles. The van der Waals surface area contributed by atoms with Gasteiger partial charge < -0.3 is 0 Å². The second-order valence-corrected chi connectivity index (χ2v) is 4.55. The Morgan fingerprint density at radius 2 is 1.89 bits per heavy atom. The number of hydrazine groups is 1. The minimum atomic E-state index is -0.0152. The molecule has 4 heteroatoms. The molecule has 0 aromatic heterocycles. The zero-order chi connectivity index (χ0) is 13.4. The fourth-order valence-electron chi connectivity index (χ4n) is 1.47. The molecule has 0 saturated heterocycles. The number of amides is 1. The molecule has 98 valence electrons. The van der Waals surface area contributed by atoms with Crippen molar-refractivity contribution in [1.82, 2.24) is 10.9 Å². The Balaban J connectivity index is 2.32. The third-order valence-electron chi connectivity index (χ3n) is 2.55. The first-order valence-corrected chi connectivity index (χ1v) is 6.51. The minimum Gasteiger partial charge on any atom is -0.299 e. The fourth-order valence-corrected chi connectivity index (χ4v) is 1.59. The summed E-state index contributed by atoms with van der Waals surface area (Å²) in [5, 5.41) is 0.676. The Morgan fingerprint density at radius 3 is 2.50 bits per heavy atom. The summed E-state index contributed by atoms with van der Waals surface area (Å²) in [6.45, 7) is 5.96. The van der Waals surface area contributed by atoms with Crippen molar-refractivity contribution in [2.75, 3.05) is 0 Å². The number of hydrogen-bond acceptors (Lipinski definition) is 2. The summed E-state index contributed by atoms with van der Waals surface area (Å²) in [6, 6.07) is 7.27. The zero-order valence-corrected chi connectivity index (χ0v) is 11.4. The largest absolute Gasteiger partial charge is 0.299 e. The van der Waals surface area contributed by atoms with Gasteiger partial charge in [-0.15, -0.1) is 0 Å². The summed E-state index contributed by atoms with van der Waals surface area (Å²) >= 11 is 5.79. The number of nitrogens with one attached hydrogen (secondary N) is 2. The standard InChI is InChI=1S/C14H19ClN2O/c1-3-4-5-6-14(18)17-16-11(2)12-7-9-13(15)10-8-12/h7-10,16H,2-6H2,1H3,(H,17,18). The molecule has 0 atom stereocenters. The highest BCUT2D eigenvalue weighted by Crippen LogP contribution is 2.13. The average Bonchev–Trinajstić information content (AvgIpc) is 2.37. The summed E-state index contributed by atoms with van der Waals surface area (Å²) in [5.41, 5.74) is 6.99. The molecule has 1 rings (SSSR count). The molecule has 18 heavy (non-hydrogen) atoms. The van der Waals surface area contributed by atoms with E-state index in [0.29, 0.717) is 17.1 Å². The molecule has 2 N–H and O–H groups in total. The SMILES string of the molecule is C=C(NNC(=O)CCCCC)c1ccc(Cl)cc1. The van der Waals surface area contributed by atoms with Crippen LogP contribution in [-0.4, -0.2) is 5.91 Å². The number of benzene rings is 1. The van der Waals surface area contributed by atoms with Crippen LogP contribution in [0.15, 0.2) is 30.8 Å². The topological polar surface area (TPSA) is 41.1 Å². The molecule has 1 aromatic rings. The van der Waals surface area contributed by atoms with Crippen molar-refractivity contribution in [3.05, 3.63) is 41.4 Å². The van der Waals surface area contributed by atoms with E-state index in [4.69, 9.17) is 11.6 Å². The van der Waals surface area contributed by atoms with Gasteiger partial charge in [0.05, 0.1) is 5.70 Å². The number of hydrogen-bond donors (Lipinski definition) is 2. The molecule has 0 aliphatic heterocycles. The van der Waals surface area contributed by atoms with Crippen LogP contribution in [0.3, 0.4) is 0 Å². The quantitative estimate of drug-likeness (QED) is 0.586. The van der Waals surface area contributed by atoms with Crippen LogP contribution < -0.4 is 10.9 Å². The highest BCUT2D eigenvalue weighted by atomic mass is 35.5. The molecule has 0 saturated carbocycles. The molecular weight excluding hydrogens is 248 g/mol. The van der Waals surface area contributed by atoms with Crippen LogP contribution in [-0.2, 0) is 4.79 Å². The maximum Gasteiger partial charge on any atom is 0.238 e. The van der Waals surface area contributed by atoms with E-state index in [1.54, 1.807) is 12.1 Å². The number of unbranched alkanes of at least 4 members (excludes halogenated alkanes) is 2. The lowest BCUT2D eigenvalue weighted by atomic mass is 10.2. The van der Waals surface area contributed by atoms with Crippen molar-refractivity contribution in [2.24, 2.45) is 0 Å². The summed E-state index contributed by atoms with van der Waals surface area (Å²) in [6.07, 6.45) is 3.63. The normalized spacial score (nSPS) is 9.89. The summed E-state index contributed by atoms with van der Waals surface area (Å²) < 4.78 is 0. The van der Waals surface area contributed by atoms with Gasteiger partial charge in [-0.25, -0.2) is 0 Å². The first kappa shape index (κ1) is 14.6. The Kier molecular flexibility index (Phi) is 6.29. The van der Waals surface area contributed by atoms with Gasteiger partial charge in [-0.05, 0) is 24.1 Å². The van der Waals surface area contributed by atoms with E-state index in [1.807, 2.05) is 12.1 Å². The Morgan fingerprint density at radius 1 is 1.22 bits per heavy atom. The van der Waals surface area contributed by atoms with E-state index in [0.717, 1.165) is 24.8 Å². The predicted octanol–water partition coefficient (Wildman–Crippen LogP) is 3.51. The molecular formula is C14H19ClN2O. The molecule has 0 unspecified atom stereocenters. The van der Waals surface area contributed by atoms with Crippen LogP contribution in [0.4, 0.5) is 0 Å². The van der Waals surface area contributed by atoms with Crippen LogP contribution in [0, 0.1) is 0 Å². The van der Waals surface area contributed by atoms with Crippen molar-refractivity contribution < 1.29 is 4.79 Å². The second kappa shape index (κ2) is 7.77. The molecule has 1 aromatic carbocycles. The third kappa shape index (κ3) is 5.23. The Labute approximate surface area is 113 Å². The molecule has 0 bridgehead atoms. The molecule has 0 spiro atoms. The van der Waals surface area contributed by atoms with Gasteiger partial charge in [0, 0.05) is 11.4 Å². The zero-order valence-electron chi connectivity index (χ0n) is 10.6. The molecule has 3 nitrogen and oxygen atoms in total. The molecule has 0 heterocycles. The second-order valence-electron chi connectivity index (χ2n) is 4.12. The first-order valence-electron chi connectivity index (χ1n) is 6.13.